The van der Waals surface area contributed by atoms with Gasteiger partial charge in [-0.1, -0.05) is 0 Å². The second-order valence-corrected chi connectivity index (χ2v) is 5.35. The lowest BCUT2D eigenvalue weighted by atomic mass is 10.0. The molecule has 0 saturated carbocycles. The molecule has 3 rings (SSSR count). The summed E-state index contributed by atoms with van der Waals surface area (Å²) in [4.78, 5) is 14.3. The lowest BCUT2D eigenvalue weighted by Crippen LogP contribution is -2.45. The Labute approximate surface area is 112 Å². The highest BCUT2D eigenvalue weighted by Gasteiger charge is 2.22. The summed E-state index contributed by atoms with van der Waals surface area (Å²) in [6, 6.07) is 8.04. The van der Waals surface area contributed by atoms with E-state index in [1.54, 1.807) is 0 Å². The van der Waals surface area contributed by atoms with E-state index in [1.165, 1.54) is 0 Å². The van der Waals surface area contributed by atoms with E-state index in [9.17, 15) is 4.79 Å². The average Bonchev–Trinajstić information content (AvgIpc) is 2.79. The summed E-state index contributed by atoms with van der Waals surface area (Å²) in [5, 5.41) is 1.11. The number of aryl methyl sites for hydroxylation is 1. The predicted molar refractivity (Wildman–Crippen MR) is 76.0 cm³/mol. The van der Waals surface area contributed by atoms with Gasteiger partial charge in [-0.15, -0.1) is 0 Å². The molecule has 0 radical (unpaired) electrons. The zero-order valence-corrected chi connectivity index (χ0v) is 11.2. The summed E-state index contributed by atoms with van der Waals surface area (Å²) in [5.41, 5.74) is 7.84. The van der Waals surface area contributed by atoms with Crippen molar-refractivity contribution < 1.29 is 4.79 Å². The summed E-state index contributed by atoms with van der Waals surface area (Å²) < 4.78 is 2.06. The maximum absolute atomic E-state index is 12.5. The fourth-order valence-electron chi connectivity index (χ4n) is 2.79. The summed E-state index contributed by atoms with van der Waals surface area (Å²) in [7, 11) is 2.01. The first-order valence-electron chi connectivity index (χ1n) is 6.75. The number of fused-ring (bicyclic) bond motifs is 1. The molecule has 1 unspecified atom stereocenters. The van der Waals surface area contributed by atoms with E-state index in [2.05, 4.69) is 4.57 Å². The number of amides is 1. The molecule has 1 atom stereocenters. The van der Waals surface area contributed by atoms with Crippen molar-refractivity contribution in [3.63, 3.8) is 0 Å². The molecule has 1 amide bonds. The van der Waals surface area contributed by atoms with Crippen LogP contribution in [0.15, 0.2) is 30.5 Å². The van der Waals surface area contributed by atoms with Crippen molar-refractivity contribution in [2.24, 2.45) is 12.8 Å². The molecule has 1 aliphatic heterocycles. The Balaban J connectivity index is 1.88. The number of nitrogens with zero attached hydrogens (tertiary/aromatic N) is 2. The van der Waals surface area contributed by atoms with Crippen molar-refractivity contribution >= 4 is 16.8 Å². The first kappa shape index (κ1) is 12.2. The third-order valence-electron chi connectivity index (χ3n) is 3.88. The maximum Gasteiger partial charge on any atom is 0.253 e. The lowest BCUT2D eigenvalue weighted by Gasteiger charge is -2.30. The molecule has 2 N–H and O–H groups in total. The number of carbonyl (C=O) groups is 1. The van der Waals surface area contributed by atoms with Crippen LogP contribution in [0.5, 0.6) is 0 Å². The third-order valence-corrected chi connectivity index (χ3v) is 3.88. The first-order chi connectivity index (χ1) is 9.15. The molecule has 1 aromatic heterocycles. The predicted octanol–water partition coefficient (Wildman–Crippen LogP) is 1.74. The van der Waals surface area contributed by atoms with E-state index in [0.29, 0.717) is 6.54 Å². The van der Waals surface area contributed by atoms with Gasteiger partial charge in [-0.3, -0.25) is 4.79 Å². The Kier molecular flexibility index (Phi) is 3.03. The van der Waals surface area contributed by atoms with Crippen LogP contribution in [0.25, 0.3) is 10.9 Å². The van der Waals surface area contributed by atoms with Crippen LogP contribution < -0.4 is 5.73 Å². The van der Waals surface area contributed by atoms with Crippen molar-refractivity contribution in [3.05, 3.63) is 36.0 Å². The number of aromatic nitrogens is 1. The third kappa shape index (κ3) is 2.24. The molecule has 1 aliphatic rings. The Bertz CT molecular complexity index is 617. The molecule has 100 valence electrons. The van der Waals surface area contributed by atoms with Gasteiger partial charge >= 0.3 is 0 Å². The van der Waals surface area contributed by atoms with E-state index in [0.717, 1.165) is 35.9 Å². The van der Waals surface area contributed by atoms with Gasteiger partial charge in [0.1, 0.15) is 0 Å². The van der Waals surface area contributed by atoms with Crippen LogP contribution in [0.2, 0.25) is 0 Å². The monoisotopic (exact) mass is 257 g/mol. The number of hydrogen-bond donors (Lipinski definition) is 1. The second kappa shape index (κ2) is 4.70. The van der Waals surface area contributed by atoms with E-state index < -0.39 is 0 Å². The van der Waals surface area contributed by atoms with Crippen LogP contribution in [0.1, 0.15) is 23.2 Å². The second-order valence-electron chi connectivity index (χ2n) is 5.35. The normalized spacial score (nSPS) is 19.9. The zero-order chi connectivity index (χ0) is 13.4. The van der Waals surface area contributed by atoms with Crippen molar-refractivity contribution in [1.82, 2.24) is 9.47 Å². The number of nitrogens with two attached hydrogens (primary N) is 1. The van der Waals surface area contributed by atoms with Gasteiger partial charge in [0.15, 0.2) is 0 Å². The molecule has 2 aromatic rings. The van der Waals surface area contributed by atoms with Crippen LogP contribution in [0.3, 0.4) is 0 Å². The molecule has 4 heteroatoms. The number of likely N-dealkylation sites (tertiary alicyclic amines) is 1. The summed E-state index contributed by atoms with van der Waals surface area (Å²) in [5.74, 6) is 0.0981. The van der Waals surface area contributed by atoms with Crippen LogP contribution in [-0.2, 0) is 7.05 Å². The number of hydrogen-bond acceptors (Lipinski definition) is 2. The fourth-order valence-corrected chi connectivity index (χ4v) is 2.79. The molecule has 0 aliphatic carbocycles. The Morgan fingerprint density at radius 3 is 3.00 bits per heavy atom. The standard InChI is InChI=1S/C15H19N3O/c1-17-8-6-11-9-12(4-5-14(11)17)15(19)18-7-2-3-13(16)10-18/h4-6,8-9,13H,2-3,7,10,16H2,1H3. The number of benzene rings is 1. The fraction of sp³-hybridized carbons (Fsp3) is 0.400. The SMILES string of the molecule is Cn1ccc2cc(C(=O)N3CCCC(N)C3)ccc21. The van der Waals surface area contributed by atoms with Crippen LogP contribution >= 0.6 is 0 Å². The Morgan fingerprint density at radius 1 is 1.37 bits per heavy atom. The van der Waals surface area contributed by atoms with Gasteiger partial charge in [-0.2, -0.15) is 0 Å². The van der Waals surface area contributed by atoms with Gasteiger partial charge in [0.25, 0.3) is 5.91 Å². The van der Waals surface area contributed by atoms with E-state index in [-0.39, 0.29) is 11.9 Å². The highest BCUT2D eigenvalue weighted by molar-refractivity contribution is 5.98. The van der Waals surface area contributed by atoms with Crippen molar-refractivity contribution in [1.29, 1.82) is 0 Å². The van der Waals surface area contributed by atoms with Crippen molar-refractivity contribution in [3.8, 4) is 0 Å². The maximum atomic E-state index is 12.5. The number of piperidine rings is 1. The van der Waals surface area contributed by atoms with Crippen LogP contribution in [-0.4, -0.2) is 34.5 Å². The average molecular weight is 257 g/mol. The molecule has 1 aromatic carbocycles. The number of rotatable bonds is 1. The minimum absolute atomic E-state index is 0.0981. The minimum Gasteiger partial charge on any atom is -0.351 e. The van der Waals surface area contributed by atoms with Crippen LogP contribution in [0.4, 0.5) is 0 Å². The molecule has 0 spiro atoms. The van der Waals surface area contributed by atoms with Gasteiger partial charge in [0, 0.05) is 48.8 Å². The van der Waals surface area contributed by atoms with E-state index in [1.807, 2.05) is 42.4 Å². The molecule has 1 saturated heterocycles. The van der Waals surface area contributed by atoms with Gasteiger partial charge in [0.2, 0.25) is 0 Å². The zero-order valence-electron chi connectivity index (χ0n) is 11.2. The molecule has 0 bridgehead atoms. The largest absolute Gasteiger partial charge is 0.351 e. The van der Waals surface area contributed by atoms with Crippen LogP contribution in [0, 0.1) is 0 Å². The minimum atomic E-state index is 0.0981. The molecular formula is C15H19N3O. The van der Waals surface area contributed by atoms with E-state index in [4.69, 9.17) is 5.73 Å². The van der Waals surface area contributed by atoms with Gasteiger partial charge in [-0.25, -0.2) is 0 Å². The smallest absolute Gasteiger partial charge is 0.253 e. The summed E-state index contributed by atoms with van der Waals surface area (Å²) >= 11 is 0. The molecule has 19 heavy (non-hydrogen) atoms. The quantitative estimate of drug-likeness (QED) is 0.846. The molecule has 4 nitrogen and oxygen atoms in total. The molecule has 2 heterocycles. The first-order valence-corrected chi connectivity index (χ1v) is 6.75. The van der Waals surface area contributed by atoms with Gasteiger partial charge in [0.05, 0.1) is 0 Å². The summed E-state index contributed by atoms with van der Waals surface area (Å²) in [6.07, 6.45) is 4.03. The molecule has 1 fully saturated rings. The number of carbonyl (C=O) groups excluding carboxylic acids is 1. The highest BCUT2D eigenvalue weighted by Crippen LogP contribution is 2.19. The summed E-state index contributed by atoms with van der Waals surface area (Å²) in [6.45, 7) is 1.49. The van der Waals surface area contributed by atoms with Crippen molar-refractivity contribution in [2.75, 3.05) is 13.1 Å². The van der Waals surface area contributed by atoms with Crippen molar-refractivity contribution in [2.45, 2.75) is 18.9 Å². The Morgan fingerprint density at radius 2 is 2.21 bits per heavy atom. The Hall–Kier alpha value is -1.81. The van der Waals surface area contributed by atoms with E-state index >= 15 is 0 Å². The highest BCUT2D eigenvalue weighted by atomic mass is 16.2. The molecular weight excluding hydrogens is 238 g/mol. The lowest BCUT2D eigenvalue weighted by molar-refractivity contribution is 0.0709. The van der Waals surface area contributed by atoms with Gasteiger partial charge in [-0.05, 0) is 37.1 Å². The van der Waals surface area contributed by atoms with Gasteiger partial charge < -0.3 is 15.2 Å². The topological polar surface area (TPSA) is 51.3 Å².